The van der Waals surface area contributed by atoms with Gasteiger partial charge in [-0.3, -0.25) is 0 Å². The predicted octanol–water partition coefficient (Wildman–Crippen LogP) is 0.0835. The van der Waals surface area contributed by atoms with E-state index in [9.17, 15) is 8.42 Å². The zero-order valence-corrected chi connectivity index (χ0v) is 12.7. The number of hydrazine groups is 1. The molecular formula is C13H21N5O2S. The fourth-order valence-electron chi connectivity index (χ4n) is 2.62. The fourth-order valence-corrected chi connectivity index (χ4v) is 4.05. The SMILES string of the molecule is NNc1cc(S(=O)(=O)N2CCN(CC3CC3)CC2)ccn1. The van der Waals surface area contributed by atoms with E-state index < -0.39 is 10.0 Å². The fraction of sp³-hybridized carbons (Fsp3) is 0.615. The van der Waals surface area contributed by atoms with Crippen LogP contribution in [-0.4, -0.2) is 55.3 Å². The Balaban J connectivity index is 1.67. The molecule has 2 fully saturated rings. The topological polar surface area (TPSA) is 91.6 Å². The van der Waals surface area contributed by atoms with Crippen molar-refractivity contribution in [3.05, 3.63) is 18.3 Å². The summed E-state index contributed by atoms with van der Waals surface area (Å²) in [4.78, 5) is 6.54. The van der Waals surface area contributed by atoms with Crippen LogP contribution < -0.4 is 11.3 Å². The number of nitrogens with one attached hydrogen (secondary N) is 1. The van der Waals surface area contributed by atoms with Gasteiger partial charge in [-0.2, -0.15) is 4.31 Å². The van der Waals surface area contributed by atoms with Gasteiger partial charge in [0, 0.05) is 45.0 Å². The molecule has 2 heterocycles. The number of nitrogen functional groups attached to an aromatic ring is 1. The Labute approximate surface area is 125 Å². The standard InChI is InChI=1S/C13H21N5O2S/c14-16-13-9-12(3-4-15-13)21(19,20)18-7-5-17(6-8-18)10-11-1-2-11/h3-4,9,11H,1-2,5-8,10,14H2,(H,15,16). The third-order valence-electron chi connectivity index (χ3n) is 4.06. The largest absolute Gasteiger partial charge is 0.308 e. The van der Waals surface area contributed by atoms with Gasteiger partial charge in [0.2, 0.25) is 10.0 Å². The Hall–Kier alpha value is -1.22. The summed E-state index contributed by atoms with van der Waals surface area (Å²) in [6.07, 6.45) is 4.10. The van der Waals surface area contributed by atoms with Crippen molar-refractivity contribution in [1.29, 1.82) is 0 Å². The monoisotopic (exact) mass is 311 g/mol. The second-order valence-corrected chi connectivity index (χ2v) is 7.61. The van der Waals surface area contributed by atoms with Gasteiger partial charge < -0.3 is 10.3 Å². The van der Waals surface area contributed by atoms with Crippen LogP contribution in [0.5, 0.6) is 0 Å². The normalized spacial score (nSPS) is 21.4. The predicted molar refractivity (Wildman–Crippen MR) is 80.0 cm³/mol. The Bertz CT molecular complexity index is 594. The lowest BCUT2D eigenvalue weighted by Crippen LogP contribution is -2.49. The van der Waals surface area contributed by atoms with Crippen LogP contribution >= 0.6 is 0 Å². The molecule has 1 saturated heterocycles. The van der Waals surface area contributed by atoms with E-state index in [1.54, 1.807) is 4.31 Å². The Morgan fingerprint density at radius 3 is 2.62 bits per heavy atom. The lowest BCUT2D eigenvalue weighted by Gasteiger charge is -2.34. The first kappa shape index (κ1) is 14.7. The van der Waals surface area contributed by atoms with Crippen LogP contribution in [-0.2, 0) is 10.0 Å². The summed E-state index contributed by atoms with van der Waals surface area (Å²) < 4.78 is 26.8. The molecule has 2 aliphatic rings. The highest BCUT2D eigenvalue weighted by molar-refractivity contribution is 7.89. The lowest BCUT2D eigenvalue weighted by atomic mass is 10.3. The van der Waals surface area contributed by atoms with Gasteiger partial charge in [0.1, 0.15) is 5.82 Å². The van der Waals surface area contributed by atoms with Gasteiger partial charge in [0.05, 0.1) is 4.90 Å². The van der Waals surface area contributed by atoms with Gasteiger partial charge in [-0.05, 0) is 24.8 Å². The highest BCUT2D eigenvalue weighted by Gasteiger charge is 2.31. The maximum atomic E-state index is 12.6. The molecule has 0 aromatic carbocycles. The second kappa shape index (κ2) is 5.88. The molecule has 1 aliphatic heterocycles. The zero-order chi connectivity index (χ0) is 14.9. The van der Waals surface area contributed by atoms with Crippen LogP contribution in [0, 0.1) is 5.92 Å². The van der Waals surface area contributed by atoms with E-state index in [2.05, 4.69) is 15.3 Å². The molecule has 1 aliphatic carbocycles. The average Bonchev–Trinajstić information content (AvgIpc) is 3.32. The van der Waals surface area contributed by atoms with Crippen LogP contribution in [0.2, 0.25) is 0 Å². The molecule has 0 spiro atoms. The Morgan fingerprint density at radius 2 is 2.00 bits per heavy atom. The molecule has 116 valence electrons. The van der Waals surface area contributed by atoms with E-state index in [0.29, 0.717) is 18.9 Å². The van der Waals surface area contributed by atoms with Crippen LogP contribution in [0.15, 0.2) is 23.2 Å². The minimum Gasteiger partial charge on any atom is -0.308 e. The summed E-state index contributed by atoms with van der Waals surface area (Å²) in [5.74, 6) is 6.47. The molecule has 1 aromatic heterocycles. The minimum atomic E-state index is -3.46. The van der Waals surface area contributed by atoms with E-state index in [0.717, 1.165) is 25.6 Å². The number of anilines is 1. The summed E-state index contributed by atoms with van der Waals surface area (Å²) in [6.45, 7) is 3.82. The third-order valence-corrected chi connectivity index (χ3v) is 5.96. The van der Waals surface area contributed by atoms with Crippen molar-refractivity contribution in [2.24, 2.45) is 11.8 Å². The molecule has 1 saturated carbocycles. The van der Waals surface area contributed by atoms with Crippen LogP contribution in [0.4, 0.5) is 5.82 Å². The van der Waals surface area contributed by atoms with Gasteiger partial charge in [0.25, 0.3) is 0 Å². The van der Waals surface area contributed by atoms with E-state index in [-0.39, 0.29) is 4.90 Å². The van der Waals surface area contributed by atoms with Crippen LogP contribution in [0.25, 0.3) is 0 Å². The number of nitrogens with two attached hydrogens (primary N) is 1. The van der Waals surface area contributed by atoms with Crippen molar-refractivity contribution >= 4 is 15.8 Å². The van der Waals surface area contributed by atoms with Gasteiger partial charge >= 0.3 is 0 Å². The van der Waals surface area contributed by atoms with Crippen molar-refractivity contribution in [2.45, 2.75) is 17.7 Å². The molecule has 7 nitrogen and oxygen atoms in total. The van der Waals surface area contributed by atoms with Crippen molar-refractivity contribution < 1.29 is 8.42 Å². The quantitative estimate of drug-likeness (QED) is 0.591. The molecule has 0 amide bonds. The molecule has 3 N–H and O–H groups in total. The smallest absolute Gasteiger partial charge is 0.243 e. The first-order valence-electron chi connectivity index (χ1n) is 7.25. The van der Waals surface area contributed by atoms with E-state index >= 15 is 0 Å². The molecule has 3 rings (SSSR count). The summed E-state index contributed by atoms with van der Waals surface area (Å²) in [6, 6.07) is 2.97. The summed E-state index contributed by atoms with van der Waals surface area (Å²) >= 11 is 0. The molecule has 0 atom stereocenters. The first-order valence-corrected chi connectivity index (χ1v) is 8.69. The van der Waals surface area contributed by atoms with Gasteiger partial charge in [-0.25, -0.2) is 19.2 Å². The average molecular weight is 311 g/mol. The van der Waals surface area contributed by atoms with Gasteiger partial charge in [-0.1, -0.05) is 0 Å². The Morgan fingerprint density at radius 1 is 1.29 bits per heavy atom. The highest BCUT2D eigenvalue weighted by atomic mass is 32.2. The number of hydrogen-bond donors (Lipinski definition) is 2. The second-order valence-electron chi connectivity index (χ2n) is 5.67. The van der Waals surface area contributed by atoms with Crippen molar-refractivity contribution in [3.8, 4) is 0 Å². The number of pyridine rings is 1. The molecule has 1 aromatic rings. The number of nitrogens with zero attached hydrogens (tertiary/aromatic N) is 3. The molecular weight excluding hydrogens is 290 g/mol. The summed E-state index contributed by atoms with van der Waals surface area (Å²) in [7, 11) is -3.46. The van der Waals surface area contributed by atoms with Gasteiger partial charge in [-0.15, -0.1) is 0 Å². The van der Waals surface area contributed by atoms with Crippen molar-refractivity contribution in [2.75, 3.05) is 38.1 Å². The number of aromatic nitrogens is 1. The molecule has 0 radical (unpaired) electrons. The number of piperazine rings is 1. The molecule has 21 heavy (non-hydrogen) atoms. The Kier molecular flexibility index (Phi) is 4.12. The number of rotatable bonds is 5. The van der Waals surface area contributed by atoms with Crippen LogP contribution in [0.1, 0.15) is 12.8 Å². The third kappa shape index (κ3) is 3.34. The molecule has 0 bridgehead atoms. The van der Waals surface area contributed by atoms with E-state index in [4.69, 9.17) is 5.84 Å². The maximum Gasteiger partial charge on any atom is 0.243 e. The minimum absolute atomic E-state index is 0.237. The van der Waals surface area contributed by atoms with E-state index in [1.165, 1.54) is 31.2 Å². The zero-order valence-electron chi connectivity index (χ0n) is 11.9. The van der Waals surface area contributed by atoms with Crippen LogP contribution in [0.3, 0.4) is 0 Å². The summed E-state index contributed by atoms with van der Waals surface area (Å²) in [5.41, 5.74) is 2.38. The number of sulfonamides is 1. The van der Waals surface area contributed by atoms with Gasteiger partial charge in [0.15, 0.2) is 0 Å². The molecule has 0 unspecified atom stereocenters. The lowest BCUT2D eigenvalue weighted by molar-refractivity contribution is 0.182. The maximum absolute atomic E-state index is 12.6. The molecule has 8 heteroatoms. The number of hydrogen-bond acceptors (Lipinski definition) is 6. The van der Waals surface area contributed by atoms with Crippen molar-refractivity contribution in [1.82, 2.24) is 14.2 Å². The summed E-state index contributed by atoms with van der Waals surface area (Å²) in [5, 5.41) is 0. The highest BCUT2D eigenvalue weighted by Crippen LogP contribution is 2.30. The van der Waals surface area contributed by atoms with Crippen molar-refractivity contribution in [3.63, 3.8) is 0 Å². The van der Waals surface area contributed by atoms with E-state index in [1.807, 2.05) is 0 Å². The first-order chi connectivity index (χ1) is 10.1.